The molecular formula is C48H56F6N10O2S2. The molecule has 2 aliphatic carbocycles. The van der Waals surface area contributed by atoms with E-state index in [2.05, 4.69) is 40.2 Å². The Morgan fingerprint density at radius 2 is 0.956 bits per heavy atom. The summed E-state index contributed by atoms with van der Waals surface area (Å²) in [6.07, 6.45) is 0.819. The molecule has 6 heterocycles. The molecule has 2 saturated heterocycles. The second-order valence-corrected chi connectivity index (χ2v) is 20.8. The van der Waals surface area contributed by atoms with Crippen molar-refractivity contribution in [2.24, 2.45) is 37.8 Å². The molecule has 4 aromatic heterocycles. The topological polar surface area (TPSA) is 120 Å². The molecule has 12 nitrogen and oxygen atoms in total. The molecule has 4 fully saturated rings. The minimum atomic E-state index is -4.28. The van der Waals surface area contributed by atoms with Crippen LogP contribution < -0.4 is 0 Å². The number of nitrogens with zero attached hydrogens (tertiary/aromatic N) is 10. The molecule has 0 N–H and O–H groups in total. The number of aryl methyl sites for hydroxylation is 2. The summed E-state index contributed by atoms with van der Waals surface area (Å²) in [4.78, 5) is 13.3. The molecule has 2 aliphatic heterocycles. The van der Waals surface area contributed by atoms with E-state index < -0.39 is 23.5 Å². The zero-order valence-electron chi connectivity index (χ0n) is 38.5. The SMILES string of the molecule is Cc1ncoc1-c1nnc(SCCCN2C[C@H]3CC[C@@H](c4ccc(C(F)(F)F)cc4)[C@H]3C2)n1C.Cc1ncoc1-c1nnc(SCCCN2C[C@H]3CC[C@H](c4ccc(C(F)(F)F)cc4)[C@H]3C2)n1C. The number of halogens is 6. The van der Waals surface area contributed by atoms with E-state index in [1.807, 2.05) is 37.1 Å². The highest BCUT2D eigenvalue weighted by molar-refractivity contribution is 7.99. The highest BCUT2D eigenvalue weighted by Crippen LogP contribution is 2.49. The molecule has 68 heavy (non-hydrogen) atoms. The van der Waals surface area contributed by atoms with Crippen molar-refractivity contribution in [1.82, 2.24) is 49.3 Å². The van der Waals surface area contributed by atoms with Gasteiger partial charge in [0.25, 0.3) is 0 Å². The predicted molar refractivity (Wildman–Crippen MR) is 247 cm³/mol. The molecule has 0 unspecified atom stereocenters. The van der Waals surface area contributed by atoms with Crippen molar-refractivity contribution >= 4 is 23.5 Å². The summed E-state index contributed by atoms with van der Waals surface area (Å²) in [6, 6.07) is 11.7. The molecule has 0 bridgehead atoms. The summed E-state index contributed by atoms with van der Waals surface area (Å²) in [5.41, 5.74) is 2.56. The van der Waals surface area contributed by atoms with Gasteiger partial charge in [-0.1, -0.05) is 47.8 Å². The molecule has 20 heteroatoms. The third kappa shape index (κ3) is 10.6. The highest BCUT2D eigenvalue weighted by atomic mass is 32.2. The molecule has 0 radical (unpaired) electrons. The van der Waals surface area contributed by atoms with Gasteiger partial charge in [-0.05, 0) is 136 Å². The molecule has 2 aromatic carbocycles. The predicted octanol–water partition coefficient (Wildman–Crippen LogP) is 10.8. The van der Waals surface area contributed by atoms with Crippen molar-refractivity contribution in [3.8, 4) is 23.2 Å². The van der Waals surface area contributed by atoms with E-state index >= 15 is 0 Å². The molecule has 2 saturated carbocycles. The maximum Gasteiger partial charge on any atom is 0.416 e. The minimum absolute atomic E-state index is 0.364. The van der Waals surface area contributed by atoms with Crippen LogP contribution in [-0.2, 0) is 26.4 Å². The zero-order chi connectivity index (χ0) is 47.7. The number of hydrogen-bond donors (Lipinski definition) is 0. The van der Waals surface area contributed by atoms with Crippen LogP contribution in [0.1, 0.15) is 84.0 Å². The highest BCUT2D eigenvalue weighted by Gasteiger charge is 2.44. The van der Waals surface area contributed by atoms with Crippen molar-refractivity contribution < 1.29 is 35.2 Å². The zero-order valence-corrected chi connectivity index (χ0v) is 40.1. The maximum atomic E-state index is 12.9. The molecule has 6 atom stereocenters. The number of alkyl halides is 6. The number of likely N-dealkylation sites (tertiary alicyclic amines) is 2. The lowest BCUT2D eigenvalue weighted by atomic mass is 9.86. The van der Waals surface area contributed by atoms with Crippen molar-refractivity contribution in [2.45, 2.75) is 86.9 Å². The summed E-state index contributed by atoms with van der Waals surface area (Å²) in [6.45, 7) is 10.0. The van der Waals surface area contributed by atoms with Gasteiger partial charge in [-0.15, -0.1) is 20.4 Å². The molecule has 0 amide bonds. The van der Waals surface area contributed by atoms with Crippen LogP contribution in [0.15, 0.2) is 80.5 Å². The Morgan fingerprint density at radius 3 is 1.31 bits per heavy atom. The third-order valence-corrected chi connectivity index (χ3v) is 16.7. The van der Waals surface area contributed by atoms with Gasteiger partial charge in [-0.3, -0.25) is 0 Å². The van der Waals surface area contributed by atoms with Gasteiger partial charge in [-0.25, -0.2) is 9.97 Å². The Morgan fingerprint density at radius 1 is 0.559 bits per heavy atom. The van der Waals surface area contributed by atoms with Gasteiger partial charge in [0.15, 0.2) is 34.6 Å². The van der Waals surface area contributed by atoms with Crippen molar-refractivity contribution in [1.29, 1.82) is 0 Å². The largest absolute Gasteiger partial charge is 0.440 e. The summed E-state index contributed by atoms with van der Waals surface area (Å²) < 4.78 is 92.1. The number of oxazole rings is 2. The van der Waals surface area contributed by atoms with E-state index in [0.717, 1.165) is 122 Å². The van der Waals surface area contributed by atoms with Crippen molar-refractivity contribution in [2.75, 3.05) is 50.8 Å². The normalized spacial score (nSPS) is 23.0. The Bertz CT molecular complexity index is 2430. The first kappa shape index (κ1) is 48.4. The minimum Gasteiger partial charge on any atom is -0.440 e. The van der Waals surface area contributed by atoms with E-state index in [1.165, 1.54) is 37.1 Å². The third-order valence-electron chi connectivity index (χ3n) is 14.5. The first-order chi connectivity index (χ1) is 32.6. The second kappa shape index (κ2) is 20.4. The Balaban J connectivity index is 0.000000170. The van der Waals surface area contributed by atoms with Gasteiger partial charge in [-0.2, -0.15) is 26.3 Å². The van der Waals surface area contributed by atoms with Crippen LogP contribution in [0.3, 0.4) is 0 Å². The molecule has 0 spiro atoms. The van der Waals surface area contributed by atoms with E-state index in [9.17, 15) is 26.3 Å². The van der Waals surface area contributed by atoms with Gasteiger partial charge in [0.05, 0.1) is 22.5 Å². The number of aromatic nitrogens is 8. The number of fused-ring (bicyclic) bond motifs is 2. The van der Waals surface area contributed by atoms with Gasteiger partial charge in [0, 0.05) is 51.8 Å². The fraction of sp³-hybridized carbons (Fsp3) is 0.542. The summed E-state index contributed by atoms with van der Waals surface area (Å²) in [5, 5.41) is 18.8. The van der Waals surface area contributed by atoms with Crippen LogP contribution in [0.4, 0.5) is 26.3 Å². The Hall–Kier alpha value is -4.66. The Kier molecular flexibility index (Phi) is 14.5. The van der Waals surface area contributed by atoms with Gasteiger partial charge in [0.2, 0.25) is 11.6 Å². The number of benzene rings is 2. The lowest BCUT2D eigenvalue weighted by Crippen LogP contribution is -2.24. The summed E-state index contributed by atoms with van der Waals surface area (Å²) in [7, 11) is 3.87. The van der Waals surface area contributed by atoms with Crippen LogP contribution in [0, 0.1) is 37.5 Å². The first-order valence-corrected chi connectivity index (χ1v) is 25.2. The van der Waals surface area contributed by atoms with Gasteiger partial charge < -0.3 is 27.8 Å². The van der Waals surface area contributed by atoms with Crippen molar-refractivity contribution in [3.05, 3.63) is 95.0 Å². The van der Waals surface area contributed by atoms with E-state index in [1.54, 1.807) is 47.8 Å². The standard InChI is InChI=1S/2C24H28F3N5OS/c2*1-15-21(33-14-28-15)22-29-30-23(31(22)2)34-11-3-10-32-12-17-6-9-19(20(17)13-32)16-4-7-18(8-5-16)24(25,26)27/h2*4-5,7-8,14,17,19-20H,3,6,9-13H2,1-2H3/t17-,19+,20+;17-,19-,20+/m11/s1. The van der Waals surface area contributed by atoms with Gasteiger partial charge >= 0.3 is 12.4 Å². The Labute approximate surface area is 400 Å². The molecule has 6 aromatic rings. The lowest BCUT2D eigenvalue weighted by molar-refractivity contribution is -0.138. The average molecular weight is 983 g/mol. The van der Waals surface area contributed by atoms with Crippen molar-refractivity contribution in [3.63, 3.8) is 0 Å². The fourth-order valence-corrected chi connectivity index (χ4v) is 12.6. The average Bonchev–Trinajstić information content (AvgIpc) is 4.18. The van der Waals surface area contributed by atoms with Crippen LogP contribution in [0.2, 0.25) is 0 Å². The van der Waals surface area contributed by atoms with E-state index in [-0.39, 0.29) is 0 Å². The molecule has 4 aliphatic rings. The number of thioether (sulfide) groups is 2. The lowest BCUT2D eigenvalue weighted by Gasteiger charge is -2.21. The molecule has 364 valence electrons. The fourth-order valence-electron chi connectivity index (χ4n) is 11.0. The second-order valence-electron chi connectivity index (χ2n) is 18.6. The van der Waals surface area contributed by atoms with Crippen LogP contribution in [0.5, 0.6) is 0 Å². The quantitative estimate of drug-likeness (QED) is 0.0587. The van der Waals surface area contributed by atoms with E-state index in [0.29, 0.717) is 58.7 Å². The monoisotopic (exact) mass is 982 g/mol. The van der Waals surface area contributed by atoms with Crippen LogP contribution in [-0.4, -0.2) is 100 Å². The van der Waals surface area contributed by atoms with Crippen LogP contribution in [0.25, 0.3) is 23.2 Å². The number of rotatable bonds is 14. The van der Waals surface area contributed by atoms with Gasteiger partial charge in [0.1, 0.15) is 0 Å². The maximum absolute atomic E-state index is 12.9. The summed E-state index contributed by atoms with van der Waals surface area (Å²) >= 11 is 3.37. The smallest absolute Gasteiger partial charge is 0.416 e. The molecule has 10 rings (SSSR count). The van der Waals surface area contributed by atoms with E-state index in [4.69, 9.17) is 8.83 Å². The summed E-state index contributed by atoms with van der Waals surface area (Å²) in [5.74, 6) is 7.63. The molecular weight excluding hydrogens is 927 g/mol. The first-order valence-electron chi connectivity index (χ1n) is 23.3. The van der Waals surface area contributed by atoms with Crippen LogP contribution >= 0.6 is 23.5 Å². The number of hydrogen-bond acceptors (Lipinski definition) is 12.